The molecule has 11 heteroatoms. The fourth-order valence-corrected chi connectivity index (χ4v) is 6.07. The molecule has 0 aliphatic heterocycles. The van der Waals surface area contributed by atoms with Crippen molar-refractivity contribution < 1.29 is 38.1 Å². The second-order valence-corrected chi connectivity index (χ2v) is 12.6. The van der Waals surface area contributed by atoms with E-state index in [1.807, 2.05) is 25.1 Å². The van der Waals surface area contributed by atoms with E-state index in [0.717, 1.165) is 23.6 Å². The van der Waals surface area contributed by atoms with Crippen LogP contribution in [0.4, 0.5) is 5.69 Å². The molecule has 0 aliphatic rings. The summed E-state index contributed by atoms with van der Waals surface area (Å²) in [5.41, 5.74) is 9.50. The number of ether oxygens (including phenoxy) is 4. The summed E-state index contributed by atoms with van der Waals surface area (Å²) in [6, 6.07) is 24.8. The SMILES string of the molecule is COC(=O)[C@@](OC(=O)[C@H](Cc1cc(C)c2[nH]ncc2c1)C(=O)OCc1ccccc1)(C(=O)OCc1ccccc1)[C@H](C)c1cc(C)c(N)c(C)c1. The van der Waals surface area contributed by atoms with Crippen LogP contribution in [0.2, 0.25) is 0 Å². The third-order valence-corrected chi connectivity index (χ3v) is 9.03. The quantitative estimate of drug-likeness (QED) is 0.0651. The number of H-pyrrole nitrogens is 1. The summed E-state index contributed by atoms with van der Waals surface area (Å²) >= 11 is 0. The van der Waals surface area contributed by atoms with Crippen LogP contribution >= 0.6 is 0 Å². The average molecular weight is 692 g/mol. The van der Waals surface area contributed by atoms with Gasteiger partial charge in [-0.2, -0.15) is 5.10 Å². The number of nitrogen functional groups attached to an aromatic ring is 1. The summed E-state index contributed by atoms with van der Waals surface area (Å²) < 4.78 is 22.5. The van der Waals surface area contributed by atoms with E-state index in [0.29, 0.717) is 39.1 Å². The highest BCUT2D eigenvalue weighted by molar-refractivity contribution is 6.08. The lowest BCUT2D eigenvalue weighted by molar-refractivity contribution is -0.202. The van der Waals surface area contributed by atoms with E-state index in [4.69, 9.17) is 24.7 Å². The molecule has 0 fully saturated rings. The predicted octanol–water partition coefficient (Wildman–Crippen LogP) is 5.97. The summed E-state index contributed by atoms with van der Waals surface area (Å²) in [4.78, 5) is 56.5. The van der Waals surface area contributed by atoms with Gasteiger partial charge >= 0.3 is 29.5 Å². The van der Waals surface area contributed by atoms with Crippen LogP contribution in [0.5, 0.6) is 0 Å². The maximum absolute atomic E-state index is 14.5. The molecule has 51 heavy (non-hydrogen) atoms. The first-order valence-electron chi connectivity index (χ1n) is 16.5. The first-order chi connectivity index (χ1) is 24.4. The number of methoxy groups -OCH3 is 1. The standard InChI is InChI=1S/C40H41N3O8/c1-24-17-31(18-25(2)34(24)41)27(4)40(38(46)48-5,39(47)50-23-29-14-10-7-11-15-29)51-37(45)33(36(44)49-22-28-12-8-6-9-13-28)20-30-16-26(3)35-32(19-30)21-42-43-35/h6-19,21,27,33H,20,22-23,41H2,1-5H3,(H,42,43)/t27-,33-,40-/m1/s1. The number of hydrogen-bond acceptors (Lipinski definition) is 10. The van der Waals surface area contributed by atoms with E-state index in [1.165, 1.54) is 0 Å². The third-order valence-electron chi connectivity index (χ3n) is 9.03. The molecule has 5 aromatic rings. The normalized spacial score (nSPS) is 13.4. The van der Waals surface area contributed by atoms with Gasteiger partial charge in [0, 0.05) is 17.0 Å². The molecule has 1 aromatic heterocycles. The summed E-state index contributed by atoms with van der Waals surface area (Å²) in [6.45, 7) is 6.65. The minimum Gasteiger partial charge on any atom is -0.466 e. The van der Waals surface area contributed by atoms with Crippen LogP contribution < -0.4 is 5.73 Å². The van der Waals surface area contributed by atoms with Crippen molar-refractivity contribution in [2.45, 2.75) is 58.8 Å². The van der Waals surface area contributed by atoms with Crippen molar-refractivity contribution in [1.29, 1.82) is 0 Å². The van der Waals surface area contributed by atoms with Crippen LogP contribution in [0.1, 0.15) is 51.8 Å². The van der Waals surface area contributed by atoms with Crippen LogP contribution in [0, 0.1) is 26.7 Å². The Morgan fingerprint density at radius 2 is 1.35 bits per heavy atom. The minimum absolute atomic E-state index is 0.120. The van der Waals surface area contributed by atoms with E-state index in [2.05, 4.69) is 10.2 Å². The predicted molar refractivity (Wildman–Crippen MR) is 190 cm³/mol. The van der Waals surface area contributed by atoms with E-state index in [-0.39, 0.29) is 19.6 Å². The fourth-order valence-electron chi connectivity index (χ4n) is 6.07. The molecular weight excluding hydrogens is 650 g/mol. The number of hydrogen-bond donors (Lipinski definition) is 2. The lowest BCUT2D eigenvalue weighted by Crippen LogP contribution is -2.56. The second kappa shape index (κ2) is 15.7. The highest BCUT2D eigenvalue weighted by atomic mass is 16.6. The van der Waals surface area contributed by atoms with Gasteiger partial charge in [0.2, 0.25) is 0 Å². The van der Waals surface area contributed by atoms with Gasteiger partial charge in [-0.05, 0) is 72.2 Å². The summed E-state index contributed by atoms with van der Waals surface area (Å²) in [7, 11) is 1.08. The molecule has 4 aromatic carbocycles. The van der Waals surface area contributed by atoms with Gasteiger partial charge in [-0.3, -0.25) is 14.7 Å². The zero-order valence-corrected chi connectivity index (χ0v) is 29.2. The largest absolute Gasteiger partial charge is 0.466 e. The molecule has 3 atom stereocenters. The lowest BCUT2D eigenvalue weighted by Gasteiger charge is -2.35. The Labute approximate surface area is 296 Å². The van der Waals surface area contributed by atoms with Gasteiger partial charge in [-0.15, -0.1) is 0 Å². The van der Waals surface area contributed by atoms with E-state index >= 15 is 0 Å². The average Bonchev–Trinajstić information content (AvgIpc) is 3.62. The first-order valence-corrected chi connectivity index (χ1v) is 16.5. The maximum atomic E-state index is 14.5. The molecule has 0 amide bonds. The Kier molecular flexibility index (Phi) is 11.2. The molecule has 0 unspecified atom stereocenters. The number of anilines is 1. The molecule has 1 heterocycles. The molecule has 0 saturated heterocycles. The van der Waals surface area contributed by atoms with Gasteiger partial charge in [-0.1, -0.05) is 85.8 Å². The lowest BCUT2D eigenvalue weighted by atomic mass is 9.81. The number of aromatic amines is 1. The van der Waals surface area contributed by atoms with Gasteiger partial charge in [0.25, 0.3) is 0 Å². The molecule has 0 bridgehead atoms. The molecule has 0 saturated carbocycles. The highest BCUT2D eigenvalue weighted by Crippen LogP contribution is 2.38. The van der Waals surface area contributed by atoms with E-state index in [1.54, 1.807) is 93.7 Å². The Hall–Kier alpha value is -5.97. The molecule has 0 aliphatic carbocycles. The monoisotopic (exact) mass is 691 g/mol. The van der Waals surface area contributed by atoms with Crippen molar-refractivity contribution in [3.8, 4) is 0 Å². The Morgan fingerprint density at radius 3 is 1.94 bits per heavy atom. The smallest absolute Gasteiger partial charge is 0.363 e. The summed E-state index contributed by atoms with van der Waals surface area (Å²) in [6.07, 6.45) is 1.47. The van der Waals surface area contributed by atoms with Gasteiger partial charge in [0.15, 0.2) is 5.92 Å². The van der Waals surface area contributed by atoms with Gasteiger partial charge in [-0.25, -0.2) is 9.59 Å². The molecule has 3 N–H and O–H groups in total. The number of aromatic nitrogens is 2. The second-order valence-electron chi connectivity index (χ2n) is 12.6. The van der Waals surface area contributed by atoms with Crippen LogP contribution in [0.25, 0.3) is 10.9 Å². The van der Waals surface area contributed by atoms with E-state index < -0.39 is 41.3 Å². The van der Waals surface area contributed by atoms with Crippen molar-refractivity contribution in [1.82, 2.24) is 10.2 Å². The minimum atomic E-state index is -2.67. The van der Waals surface area contributed by atoms with Gasteiger partial charge < -0.3 is 24.7 Å². The number of aryl methyl sites for hydroxylation is 3. The molecule has 0 radical (unpaired) electrons. The zero-order chi connectivity index (χ0) is 36.7. The van der Waals surface area contributed by atoms with Gasteiger partial charge in [0.1, 0.15) is 13.2 Å². The number of carbonyl (C=O) groups excluding carboxylic acids is 4. The van der Waals surface area contributed by atoms with Crippen molar-refractivity contribution in [3.63, 3.8) is 0 Å². The topological polar surface area (TPSA) is 160 Å². The number of fused-ring (bicyclic) bond motifs is 1. The van der Waals surface area contributed by atoms with Crippen LogP contribution in [-0.4, -0.2) is 46.8 Å². The maximum Gasteiger partial charge on any atom is 0.363 e. The molecule has 264 valence electrons. The number of esters is 4. The summed E-state index contributed by atoms with van der Waals surface area (Å²) in [5, 5.41) is 7.80. The molecular formula is C40H41N3O8. The van der Waals surface area contributed by atoms with Crippen LogP contribution in [0.15, 0.2) is 91.1 Å². The van der Waals surface area contributed by atoms with E-state index in [9.17, 15) is 19.2 Å². The zero-order valence-electron chi connectivity index (χ0n) is 29.2. The molecule has 11 nitrogen and oxygen atoms in total. The first kappa shape index (κ1) is 36.3. The number of nitrogens with one attached hydrogen (secondary N) is 1. The number of nitrogens with zero attached hydrogens (tertiary/aromatic N) is 1. The molecule has 0 spiro atoms. The number of nitrogens with two attached hydrogens (primary N) is 1. The van der Waals surface area contributed by atoms with Crippen LogP contribution in [-0.2, 0) is 57.8 Å². The van der Waals surface area contributed by atoms with Gasteiger partial charge in [0.05, 0.1) is 18.8 Å². The Balaban J connectivity index is 1.57. The van der Waals surface area contributed by atoms with Crippen molar-refractivity contribution in [2.24, 2.45) is 5.92 Å². The van der Waals surface area contributed by atoms with Crippen LogP contribution in [0.3, 0.4) is 0 Å². The summed E-state index contributed by atoms with van der Waals surface area (Å²) in [5.74, 6) is -7.17. The van der Waals surface area contributed by atoms with Crippen molar-refractivity contribution in [2.75, 3.05) is 12.8 Å². The Morgan fingerprint density at radius 1 is 0.765 bits per heavy atom. The number of carbonyl (C=O) groups is 4. The van der Waals surface area contributed by atoms with Crippen molar-refractivity contribution in [3.05, 3.63) is 130 Å². The number of rotatable bonds is 13. The number of benzene rings is 4. The third kappa shape index (κ3) is 7.93. The highest BCUT2D eigenvalue weighted by Gasteiger charge is 2.59. The molecule has 5 rings (SSSR count). The van der Waals surface area contributed by atoms with Crippen molar-refractivity contribution >= 4 is 40.5 Å². The Bertz CT molecular complexity index is 2020. The fraction of sp³-hybridized carbons (Fsp3) is 0.275.